The highest BCUT2D eigenvalue weighted by molar-refractivity contribution is 5.92. The van der Waals surface area contributed by atoms with Crippen LogP contribution in [0.3, 0.4) is 0 Å². The van der Waals surface area contributed by atoms with Crippen LogP contribution in [0.4, 0.5) is 0 Å². The van der Waals surface area contributed by atoms with Crippen LogP contribution < -0.4 is 15.2 Å². The Morgan fingerprint density at radius 2 is 1.65 bits per heavy atom. The van der Waals surface area contributed by atoms with E-state index in [0.29, 0.717) is 13.3 Å². The van der Waals surface area contributed by atoms with Crippen LogP contribution in [0.1, 0.15) is 26.3 Å². The van der Waals surface area contributed by atoms with Gasteiger partial charge in [-0.1, -0.05) is 6.07 Å². The molecule has 3 rings (SSSR count). The molecule has 0 atom stereocenters. The van der Waals surface area contributed by atoms with Crippen LogP contribution >= 0.6 is 0 Å². The molecule has 2 aromatic rings. The van der Waals surface area contributed by atoms with Crippen LogP contribution in [-0.2, 0) is 6.54 Å². The van der Waals surface area contributed by atoms with E-state index in [1.54, 1.807) is 0 Å². The summed E-state index contributed by atoms with van der Waals surface area (Å²) in [5.74, 6) is -0.772. The summed E-state index contributed by atoms with van der Waals surface area (Å²) in [6.45, 7) is 0.861. The van der Waals surface area contributed by atoms with Crippen LogP contribution in [0.15, 0.2) is 36.7 Å². The zero-order chi connectivity index (χ0) is 16.8. The van der Waals surface area contributed by atoms with Gasteiger partial charge < -0.3 is 25.4 Å². The van der Waals surface area contributed by atoms with Gasteiger partial charge in [0.2, 0.25) is 6.79 Å². The Balaban J connectivity index is 0.000000167. The molecule has 0 unspecified atom stereocenters. The van der Waals surface area contributed by atoms with Crippen molar-refractivity contribution < 1.29 is 29.3 Å². The number of aromatic carboxylic acids is 2. The molecular formula is C15H14N2O6. The SMILES string of the molecule is NCc1ccc2c(c1)OCO2.O=C(O)c1cncc(C(=O)O)c1. The summed E-state index contributed by atoms with van der Waals surface area (Å²) in [6, 6.07) is 6.78. The van der Waals surface area contributed by atoms with Crippen molar-refractivity contribution in [1.82, 2.24) is 4.98 Å². The van der Waals surface area contributed by atoms with Crippen molar-refractivity contribution in [1.29, 1.82) is 0 Å². The number of fused-ring (bicyclic) bond motifs is 1. The number of rotatable bonds is 3. The first-order chi connectivity index (χ1) is 11.0. The topological polar surface area (TPSA) is 132 Å². The van der Waals surface area contributed by atoms with E-state index in [1.807, 2.05) is 18.2 Å². The van der Waals surface area contributed by atoms with Gasteiger partial charge >= 0.3 is 11.9 Å². The first-order valence-corrected chi connectivity index (χ1v) is 6.51. The minimum atomic E-state index is -1.19. The highest BCUT2D eigenvalue weighted by atomic mass is 16.7. The van der Waals surface area contributed by atoms with Gasteiger partial charge in [-0.2, -0.15) is 0 Å². The van der Waals surface area contributed by atoms with Crippen LogP contribution in [0.5, 0.6) is 11.5 Å². The molecule has 1 aliphatic rings. The monoisotopic (exact) mass is 318 g/mol. The van der Waals surface area contributed by atoms with Gasteiger partial charge in [-0.15, -0.1) is 0 Å². The van der Waals surface area contributed by atoms with Crippen LogP contribution in [0.2, 0.25) is 0 Å². The first-order valence-electron chi connectivity index (χ1n) is 6.51. The zero-order valence-electron chi connectivity index (χ0n) is 11.9. The Bertz CT molecular complexity index is 702. The summed E-state index contributed by atoms with van der Waals surface area (Å²) in [5.41, 5.74) is 6.25. The third-order valence-corrected chi connectivity index (χ3v) is 2.90. The number of pyridine rings is 1. The fourth-order valence-electron chi connectivity index (χ4n) is 1.74. The average molecular weight is 318 g/mol. The molecule has 0 fully saturated rings. The fraction of sp³-hybridized carbons (Fsp3) is 0.133. The van der Waals surface area contributed by atoms with Gasteiger partial charge in [-0.25, -0.2) is 9.59 Å². The predicted molar refractivity (Wildman–Crippen MR) is 78.6 cm³/mol. The standard InChI is InChI=1S/C8H9NO2.C7H5NO4/c9-4-6-1-2-7-8(3-6)11-5-10-7;9-6(10)4-1-5(7(11)12)3-8-2-4/h1-3H,4-5,9H2;1-3H,(H,9,10)(H,11,12). The molecule has 120 valence electrons. The van der Waals surface area contributed by atoms with E-state index in [0.717, 1.165) is 35.5 Å². The number of carbonyl (C=O) groups is 2. The maximum atomic E-state index is 10.3. The fourth-order valence-corrected chi connectivity index (χ4v) is 1.74. The minimum absolute atomic E-state index is 0.130. The molecule has 0 saturated carbocycles. The number of nitrogens with zero attached hydrogens (tertiary/aromatic N) is 1. The summed E-state index contributed by atoms with van der Waals surface area (Å²) in [7, 11) is 0. The number of hydrogen-bond acceptors (Lipinski definition) is 6. The third kappa shape index (κ3) is 4.17. The number of aromatic nitrogens is 1. The first kappa shape index (κ1) is 16.2. The van der Waals surface area contributed by atoms with Gasteiger partial charge in [-0.05, 0) is 23.8 Å². The summed E-state index contributed by atoms with van der Waals surface area (Å²) >= 11 is 0. The maximum Gasteiger partial charge on any atom is 0.337 e. The van der Waals surface area contributed by atoms with Gasteiger partial charge in [0, 0.05) is 18.9 Å². The van der Waals surface area contributed by atoms with Crippen LogP contribution in [0.25, 0.3) is 0 Å². The van der Waals surface area contributed by atoms with E-state index in [4.69, 9.17) is 25.4 Å². The smallest absolute Gasteiger partial charge is 0.337 e. The van der Waals surface area contributed by atoms with E-state index >= 15 is 0 Å². The number of hydrogen-bond donors (Lipinski definition) is 3. The second-order valence-corrected chi connectivity index (χ2v) is 4.46. The number of ether oxygens (including phenoxy) is 2. The molecule has 0 amide bonds. The second kappa shape index (κ2) is 7.23. The molecule has 0 aliphatic carbocycles. The Hall–Kier alpha value is -3.13. The van der Waals surface area contributed by atoms with E-state index in [-0.39, 0.29) is 11.1 Å². The molecule has 1 aromatic carbocycles. The Kier molecular flexibility index (Phi) is 5.11. The summed E-state index contributed by atoms with van der Waals surface area (Å²) in [5, 5.41) is 16.9. The molecule has 0 radical (unpaired) electrons. The Morgan fingerprint density at radius 3 is 2.22 bits per heavy atom. The highest BCUT2D eigenvalue weighted by Gasteiger charge is 2.12. The lowest BCUT2D eigenvalue weighted by molar-refractivity contribution is 0.0696. The summed E-state index contributed by atoms with van der Waals surface area (Å²) < 4.78 is 10.3. The number of carboxylic acid groups (broad SMARTS) is 2. The zero-order valence-corrected chi connectivity index (χ0v) is 11.9. The van der Waals surface area contributed by atoms with Gasteiger partial charge in [0.05, 0.1) is 11.1 Å². The van der Waals surface area contributed by atoms with E-state index < -0.39 is 11.9 Å². The quantitative estimate of drug-likeness (QED) is 0.772. The molecule has 23 heavy (non-hydrogen) atoms. The van der Waals surface area contributed by atoms with Crippen molar-refractivity contribution in [2.75, 3.05) is 6.79 Å². The van der Waals surface area contributed by atoms with Crippen molar-refractivity contribution in [3.63, 3.8) is 0 Å². The van der Waals surface area contributed by atoms with Gasteiger partial charge in [0.15, 0.2) is 11.5 Å². The lowest BCUT2D eigenvalue weighted by Gasteiger charge is -1.97. The highest BCUT2D eigenvalue weighted by Crippen LogP contribution is 2.32. The molecule has 2 heterocycles. The molecule has 4 N–H and O–H groups in total. The van der Waals surface area contributed by atoms with E-state index in [1.165, 1.54) is 0 Å². The number of carboxylic acids is 2. The normalized spacial score (nSPS) is 11.3. The number of benzene rings is 1. The van der Waals surface area contributed by atoms with Gasteiger partial charge in [0.25, 0.3) is 0 Å². The second-order valence-electron chi connectivity index (χ2n) is 4.46. The minimum Gasteiger partial charge on any atom is -0.478 e. The Labute approximate surface area is 131 Å². The van der Waals surface area contributed by atoms with Crippen molar-refractivity contribution in [3.8, 4) is 11.5 Å². The lowest BCUT2D eigenvalue weighted by atomic mass is 10.2. The van der Waals surface area contributed by atoms with Crippen molar-refractivity contribution in [2.24, 2.45) is 5.73 Å². The molecule has 0 saturated heterocycles. The maximum absolute atomic E-state index is 10.3. The molecule has 1 aromatic heterocycles. The van der Waals surface area contributed by atoms with Crippen molar-refractivity contribution in [3.05, 3.63) is 53.3 Å². The average Bonchev–Trinajstić information content (AvgIpc) is 3.03. The largest absolute Gasteiger partial charge is 0.478 e. The third-order valence-electron chi connectivity index (χ3n) is 2.90. The summed E-state index contributed by atoms with van der Waals surface area (Å²) in [6.07, 6.45) is 2.18. The molecule has 0 spiro atoms. The Morgan fingerprint density at radius 1 is 1.04 bits per heavy atom. The molecule has 1 aliphatic heterocycles. The molecular weight excluding hydrogens is 304 g/mol. The summed E-state index contributed by atoms with van der Waals surface area (Å²) in [4.78, 5) is 24.2. The van der Waals surface area contributed by atoms with Crippen molar-refractivity contribution >= 4 is 11.9 Å². The van der Waals surface area contributed by atoms with E-state index in [2.05, 4.69) is 4.98 Å². The van der Waals surface area contributed by atoms with Crippen LogP contribution in [0, 0.1) is 0 Å². The van der Waals surface area contributed by atoms with Gasteiger partial charge in [-0.3, -0.25) is 4.98 Å². The van der Waals surface area contributed by atoms with E-state index in [9.17, 15) is 9.59 Å². The van der Waals surface area contributed by atoms with Crippen molar-refractivity contribution in [2.45, 2.75) is 6.54 Å². The lowest BCUT2D eigenvalue weighted by Crippen LogP contribution is -2.02. The molecule has 0 bridgehead atoms. The molecule has 8 heteroatoms. The van der Waals surface area contributed by atoms with Gasteiger partial charge in [0.1, 0.15) is 0 Å². The van der Waals surface area contributed by atoms with Crippen LogP contribution in [-0.4, -0.2) is 33.9 Å². The predicted octanol–water partition coefficient (Wildman–Crippen LogP) is 1.35. The molecule has 8 nitrogen and oxygen atoms in total. The number of nitrogens with two attached hydrogens (primary N) is 1.